The number of nitrogens with zero attached hydrogens (tertiary/aromatic N) is 1. The predicted octanol–water partition coefficient (Wildman–Crippen LogP) is -0.355. The van der Waals surface area contributed by atoms with Crippen molar-refractivity contribution in [2.24, 2.45) is 0 Å². The molecule has 11 nitrogen and oxygen atoms in total. The van der Waals surface area contributed by atoms with Gasteiger partial charge in [-0.2, -0.15) is 0 Å². The third-order valence-corrected chi connectivity index (χ3v) is 6.76. The Hall–Kier alpha value is -1.33. The summed E-state index contributed by atoms with van der Waals surface area (Å²) in [6, 6.07) is 1.07. The second-order valence-electron chi connectivity index (χ2n) is 7.12. The number of rotatable bonds is 8. The fraction of sp³-hybridized carbons (Fsp3) is 0.750. The molecule has 1 aromatic heterocycles. The van der Waals surface area contributed by atoms with Crippen LogP contribution in [0.2, 0.25) is 0 Å². The van der Waals surface area contributed by atoms with E-state index >= 15 is 0 Å². The molecule has 0 aromatic carbocycles. The van der Waals surface area contributed by atoms with Crippen LogP contribution in [-0.4, -0.2) is 59.5 Å². The third-order valence-electron chi connectivity index (χ3n) is 4.94. The largest absolute Gasteiger partial charge is 0.388 e. The molecule has 28 heavy (non-hydrogen) atoms. The minimum Gasteiger partial charge on any atom is -0.388 e. The maximum absolute atomic E-state index is 12.3. The van der Waals surface area contributed by atoms with Crippen molar-refractivity contribution < 1.29 is 34.0 Å². The Bertz CT molecular complexity index is 840. The van der Waals surface area contributed by atoms with Crippen molar-refractivity contribution in [1.82, 2.24) is 9.55 Å². The van der Waals surface area contributed by atoms with E-state index in [9.17, 15) is 34.4 Å². The Kier molecular flexibility index (Phi) is 7.03. The normalized spacial score (nSPS) is 30.5. The summed E-state index contributed by atoms with van der Waals surface area (Å²) in [5, 5.41) is 30.4. The van der Waals surface area contributed by atoms with Crippen LogP contribution in [0.4, 0.5) is 0 Å². The smallest absolute Gasteiger partial charge is 0.356 e. The number of H-pyrrole nitrogens is 1. The molecule has 1 aliphatic heterocycles. The monoisotopic (exact) mass is 422 g/mol. The molecule has 0 aliphatic carbocycles. The van der Waals surface area contributed by atoms with Gasteiger partial charge in [0.05, 0.1) is 11.7 Å². The molecule has 0 amide bonds. The van der Waals surface area contributed by atoms with Crippen molar-refractivity contribution in [3.05, 3.63) is 33.1 Å². The van der Waals surface area contributed by atoms with Crippen LogP contribution in [0.25, 0.3) is 0 Å². The number of aliphatic hydroxyl groups excluding tert-OH is 3. The second-order valence-corrected chi connectivity index (χ2v) is 9.02. The maximum atomic E-state index is 12.3. The molecule has 0 bridgehead atoms. The van der Waals surface area contributed by atoms with Crippen molar-refractivity contribution in [3.63, 3.8) is 0 Å². The summed E-state index contributed by atoms with van der Waals surface area (Å²) in [5.74, 6) is -1.55. The van der Waals surface area contributed by atoms with Gasteiger partial charge in [-0.1, -0.05) is 13.8 Å². The molecule has 160 valence electrons. The first-order valence-corrected chi connectivity index (χ1v) is 10.6. The molecule has 0 spiro atoms. The molecule has 1 saturated heterocycles. The van der Waals surface area contributed by atoms with Crippen molar-refractivity contribution in [2.45, 2.75) is 76.0 Å². The molecule has 0 radical (unpaired) electrons. The molecule has 0 saturated carbocycles. The van der Waals surface area contributed by atoms with Gasteiger partial charge in [-0.25, -0.2) is 4.79 Å². The highest BCUT2D eigenvalue weighted by Gasteiger charge is 2.48. The summed E-state index contributed by atoms with van der Waals surface area (Å²) >= 11 is 0. The first-order valence-electron chi connectivity index (χ1n) is 8.98. The summed E-state index contributed by atoms with van der Waals surface area (Å²) < 4.78 is 24.1. The van der Waals surface area contributed by atoms with Gasteiger partial charge in [-0.15, -0.1) is 0 Å². The van der Waals surface area contributed by atoms with E-state index in [1.807, 2.05) is 4.98 Å². The standard InChI is InChI=1S/C16H27N2O9P/c1-4-11(20)28(24,25)27-16(3,5-2)8-9-12(21)13(22)14(26-9)18-7-6-10(19)17-15(18)23/h6-7,9,11-14,20-22H,4-5,8H2,1-3H3,(H,24,25)(H,17,19,23)/t9-,11?,12-,13-,14?,16?/m1/s1. The number of ether oxygens (including phenoxy) is 1. The van der Waals surface area contributed by atoms with Crippen LogP contribution < -0.4 is 11.2 Å². The highest BCUT2D eigenvalue weighted by Crippen LogP contribution is 2.53. The van der Waals surface area contributed by atoms with Crippen LogP contribution in [0.5, 0.6) is 0 Å². The van der Waals surface area contributed by atoms with Crippen LogP contribution in [0.3, 0.4) is 0 Å². The molecule has 7 atom stereocenters. The average molecular weight is 422 g/mol. The summed E-state index contributed by atoms with van der Waals surface area (Å²) in [4.78, 5) is 35.2. The minimum absolute atomic E-state index is 0.0199. The lowest BCUT2D eigenvalue weighted by atomic mass is 9.93. The van der Waals surface area contributed by atoms with Gasteiger partial charge in [0, 0.05) is 18.7 Å². The first-order chi connectivity index (χ1) is 12.9. The minimum atomic E-state index is -4.34. The predicted molar refractivity (Wildman–Crippen MR) is 97.8 cm³/mol. The Morgan fingerprint density at radius 3 is 2.54 bits per heavy atom. The van der Waals surface area contributed by atoms with Gasteiger partial charge in [0.25, 0.3) is 5.56 Å². The zero-order valence-electron chi connectivity index (χ0n) is 15.9. The van der Waals surface area contributed by atoms with Gasteiger partial charge < -0.3 is 29.5 Å². The van der Waals surface area contributed by atoms with Crippen molar-refractivity contribution >= 4 is 7.60 Å². The third kappa shape index (κ3) is 4.80. The number of aliphatic hydroxyl groups is 3. The summed E-state index contributed by atoms with van der Waals surface area (Å²) in [6.07, 6.45) is -3.85. The fourth-order valence-electron chi connectivity index (χ4n) is 3.03. The van der Waals surface area contributed by atoms with E-state index in [0.29, 0.717) is 0 Å². The van der Waals surface area contributed by atoms with Gasteiger partial charge in [-0.05, 0) is 19.8 Å². The molecule has 4 unspecified atom stereocenters. The van der Waals surface area contributed by atoms with Crippen LogP contribution in [0.15, 0.2) is 21.9 Å². The molecular weight excluding hydrogens is 395 g/mol. The Morgan fingerprint density at radius 1 is 1.36 bits per heavy atom. The molecule has 1 fully saturated rings. The summed E-state index contributed by atoms with van der Waals surface area (Å²) in [7, 11) is -4.34. The summed E-state index contributed by atoms with van der Waals surface area (Å²) in [5.41, 5.74) is -2.69. The molecule has 5 N–H and O–H groups in total. The highest BCUT2D eigenvalue weighted by molar-refractivity contribution is 7.53. The van der Waals surface area contributed by atoms with Crippen molar-refractivity contribution in [2.75, 3.05) is 0 Å². The summed E-state index contributed by atoms with van der Waals surface area (Å²) in [6.45, 7) is 4.76. The molecule has 1 aliphatic rings. The lowest BCUT2D eigenvalue weighted by molar-refractivity contribution is -0.0694. The number of nitrogens with one attached hydrogen (secondary N) is 1. The van der Waals surface area contributed by atoms with Crippen LogP contribution in [0.1, 0.15) is 46.3 Å². The van der Waals surface area contributed by atoms with E-state index in [1.54, 1.807) is 6.92 Å². The zero-order chi connectivity index (χ0) is 21.3. The molecule has 1 aromatic rings. The lowest BCUT2D eigenvalue weighted by Gasteiger charge is -2.34. The highest BCUT2D eigenvalue weighted by atomic mass is 31.2. The quantitative estimate of drug-likeness (QED) is 0.351. The van der Waals surface area contributed by atoms with E-state index < -0.39 is 54.8 Å². The Labute approximate surface area is 161 Å². The Balaban J connectivity index is 2.21. The molecular formula is C16H27N2O9P. The first kappa shape index (κ1) is 23.0. The molecule has 2 heterocycles. The SMILES string of the molecule is CCC(O)P(=O)(O)OC(C)(CC)C[C@H]1OC(n2ccc(=O)[nH]c2=O)[C@H](O)[C@@H]1O. The van der Waals surface area contributed by atoms with Gasteiger partial charge in [-0.3, -0.25) is 18.9 Å². The number of hydrogen-bond donors (Lipinski definition) is 5. The fourth-order valence-corrected chi connectivity index (χ4v) is 4.45. The van der Waals surface area contributed by atoms with Crippen molar-refractivity contribution in [3.8, 4) is 0 Å². The maximum Gasteiger partial charge on any atom is 0.356 e. The Morgan fingerprint density at radius 2 is 2.00 bits per heavy atom. The van der Waals surface area contributed by atoms with E-state index in [2.05, 4.69) is 0 Å². The number of aromatic nitrogens is 2. The van der Waals surface area contributed by atoms with E-state index in [0.717, 1.165) is 16.8 Å². The van der Waals surface area contributed by atoms with Gasteiger partial charge in [0.1, 0.15) is 12.2 Å². The molecule has 2 rings (SSSR count). The van der Waals surface area contributed by atoms with Gasteiger partial charge in [0.2, 0.25) is 0 Å². The number of aromatic amines is 1. The van der Waals surface area contributed by atoms with E-state index in [-0.39, 0.29) is 19.3 Å². The lowest BCUT2D eigenvalue weighted by Crippen LogP contribution is -2.39. The van der Waals surface area contributed by atoms with E-state index in [1.165, 1.54) is 13.8 Å². The average Bonchev–Trinajstić information content (AvgIpc) is 2.88. The van der Waals surface area contributed by atoms with E-state index in [4.69, 9.17) is 9.26 Å². The zero-order valence-corrected chi connectivity index (χ0v) is 16.8. The van der Waals surface area contributed by atoms with Crippen LogP contribution in [-0.2, 0) is 13.8 Å². The van der Waals surface area contributed by atoms with Crippen LogP contribution in [0, 0.1) is 0 Å². The van der Waals surface area contributed by atoms with Crippen LogP contribution >= 0.6 is 7.60 Å². The second kappa shape index (κ2) is 8.58. The van der Waals surface area contributed by atoms with Gasteiger partial charge in [0.15, 0.2) is 12.1 Å². The van der Waals surface area contributed by atoms with Gasteiger partial charge >= 0.3 is 13.3 Å². The molecule has 12 heteroatoms. The number of hydrogen-bond acceptors (Lipinski definition) is 8. The topological polar surface area (TPSA) is 171 Å². The van der Waals surface area contributed by atoms with Crippen molar-refractivity contribution in [1.29, 1.82) is 0 Å².